The van der Waals surface area contributed by atoms with Crippen LogP contribution in [-0.2, 0) is 27.8 Å². The summed E-state index contributed by atoms with van der Waals surface area (Å²) in [6.07, 6.45) is -5.26. The number of thiazole rings is 1. The van der Waals surface area contributed by atoms with Gasteiger partial charge >= 0.3 is 12.1 Å². The van der Waals surface area contributed by atoms with Gasteiger partial charge in [0.2, 0.25) is 15.9 Å². The van der Waals surface area contributed by atoms with Gasteiger partial charge in [-0.2, -0.15) is 17.9 Å². The standard InChI is InChI=1S/C25H25F3N4O6S2/c1-4-18(25(26,27)28)32-40(36,37)17-10-9-15(13-7-5-6-8-14(13)17)20-16(12-33)29-22(39-20)21-31-30-19(38-21)11-24(2,3)23(34)35/h5-10,18,32-33H,4,11-12H2,1-3H3,(H,34,35)/t18-/m0/s1. The predicted octanol–water partition coefficient (Wildman–Crippen LogP) is 4.78. The zero-order valence-electron chi connectivity index (χ0n) is 21.5. The van der Waals surface area contributed by atoms with Crippen LogP contribution in [-0.4, -0.2) is 52.0 Å². The van der Waals surface area contributed by atoms with Gasteiger partial charge < -0.3 is 14.6 Å². The number of aliphatic hydroxyl groups is 1. The van der Waals surface area contributed by atoms with Crippen LogP contribution in [0.25, 0.3) is 32.1 Å². The van der Waals surface area contributed by atoms with Crippen LogP contribution >= 0.6 is 11.3 Å². The third-order valence-corrected chi connectivity index (χ3v) is 8.84. The van der Waals surface area contributed by atoms with Crippen LogP contribution in [0.3, 0.4) is 0 Å². The lowest BCUT2D eigenvalue weighted by atomic mass is 9.90. The summed E-state index contributed by atoms with van der Waals surface area (Å²) < 4.78 is 73.4. The molecular weight excluding hydrogens is 573 g/mol. The Labute approximate surface area is 230 Å². The lowest BCUT2D eigenvalue weighted by molar-refractivity contribution is -0.151. The van der Waals surface area contributed by atoms with E-state index in [-0.39, 0.29) is 39.2 Å². The number of hydrogen-bond acceptors (Lipinski definition) is 9. The maximum atomic E-state index is 13.3. The first-order valence-corrected chi connectivity index (χ1v) is 14.3. The molecule has 0 bridgehead atoms. The van der Waals surface area contributed by atoms with E-state index in [0.717, 1.165) is 11.3 Å². The fraction of sp³-hybridized carbons (Fsp3) is 0.360. The Bertz CT molecular complexity index is 1660. The number of carboxylic acids is 1. The predicted molar refractivity (Wildman–Crippen MR) is 140 cm³/mol. The van der Waals surface area contributed by atoms with Crippen molar-refractivity contribution in [2.75, 3.05) is 0 Å². The highest BCUT2D eigenvalue weighted by molar-refractivity contribution is 7.89. The van der Waals surface area contributed by atoms with Gasteiger partial charge in [-0.1, -0.05) is 37.3 Å². The van der Waals surface area contributed by atoms with E-state index in [0.29, 0.717) is 15.8 Å². The highest BCUT2D eigenvalue weighted by Gasteiger charge is 2.41. The van der Waals surface area contributed by atoms with Crippen LogP contribution in [0.4, 0.5) is 13.2 Å². The second-order valence-electron chi connectivity index (χ2n) is 9.60. The Morgan fingerprint density at radius 3 is 2.40 bits per heavy atom. The van der Waals surface area contributed by atoms with Gasteiger partial charge in [-0.05, 0) is 31.7 Å². The molecule has 0 radical (unpaired) electrons. The van der Waals surface area contributed by atoms with Gasteiger partial charge in [-0.3, -0.25) is 4.79 Å². The molecule has 4 rings (SSSR count). The minimum Gasteiger partial charge on any atom is -0.481 e. The summed E-state index contributed by atoms with van der Waals surface area (Å²) in [5.74, 6) is -0.948. The van der Waals surface area contributed by atoms with E-state index in [1.165, 1.54) is 39.0 Å². The summed E-state index contributed by atoms with van der Waals surface area (Å²) in [6, 6.07) is 6.71. The van der Waals surface area contributed by atoms with Crippen LogP contribution in [0.1, 0.15) is 38.8 Å². The summed E-state index contributed by atoms with van der Waals surface area (Å²) in [6.45, 7) is 3.78. The van der Waals surface area contributed by atoms with Gasteiger partial charge in [-0.15, -0.1) is 21.5 Å². The lowest BCUT2D eigenvalue weighted by Gasteiger charge is -2.21. The van der Waals surface area contributed by atoms with E-state index in [9.17, 15) is 36.6 Å². The number of hydrogen-bond donors (Lipinski definition) is 3. The Hall–Kier alpha value is -3.40. The fourth-order valence-electron chi connectivity index (χ4n) is 3.96. The number of aliphatic hydroxyl groups excluding tert-OH is 1. The van der Waals surface area contributed by atoms with Crippen LogP contribution in [0, 0.1) is 5.41 Å². The number of benzene rings is 2. The Morgan fingerprint density at radius 2 is 1.80 bits per heavy atom. The van der Waals surface area contributed by atoms with Crippen molar-refractivity contribution in [1.82, 2.24) is 19.9 Å². The van der Waals surface area contributed by atoms with Crippen molar-refractivity contribution in [1.29, 1.82) is 0 Å². The number of halogens is 3. The summed E-state index contributed by atoms with van der Waals surface area (Å²) in [7, 11) is -4.56. The molecule has 10 nitrogen and oxygen atoms in total. The van der Waals surface area contributed by atoms with Gasteiger partial charge in [0.15, 0.2) is 5.01 Å². The summed E-state index contributed by atoms with van der Waals surface area (Å²) in [5, 5.41) is 28.1. The summed E-state index contributed by atoms with van der Waals surface area (Å²) in [4.78, 5) is 15.9. The molecular formula is C25H25F3N4O6S2. The number of aliphatic carboxylic acids is 1. The molecule has 40 heavy (non-hydrogen) atoms. The van der Waals surface area contributed by atoms with Gasteiger partial charge in [-0.25, -0.2) is 13.4 Å². The molecule has 214 valence electrons. The highest BCUT2D eigenvalue weighted by Crippen LogP contribution is 2.40. The van der Waals surface area contributed by atoms with Gasteiger partial charge in [0.25, 0.3) is 5.89 Å². The van der Waals surface area contributed by atoms with Crippen LogP contribution in [0.15, 0.2) is 45.7 Å². The number of alkyl halides is 3. The first kappa shape index (κ1) is 29.6. The molecule has 0 saturated heterocycles. The van der Waals surface area contributed by atoms with Crippen LogP contribution in [0.2, 0.25) is 0 Å². The number of aromatic nitrogens is 3. The quantitative estimate of drug-likeness (QED) is 0.234. The lowest BCUT2D eigenvalue weighted by Crippen LogP contribution is -2.44. The number of nitrogens with zero attached hydrogens (tertiary/aromatic N) is 3. The molecule has 3 N–H and O–H groups in total. The molecule has 2 aromatic carbocycles. The zero-order valence-corrected chi connectivity index (χ0v) is 23.1. The molecule has 2 aromatic heterocycles. The molecule has 1 atom stereocenters. The third kappa shape index (κ3) is 5.87. The molecule has 0 fully saturated rings. The average molecular weight is 599 g/mol. The van der Waals surface area contributed by atoms with E-state index in [1.807, 2.05) is 0 Å². The molecule has 0 aliphatic heterocycles. The highest BCUT2D eigenvalue weighted by atomic mass is 32.2. The first-order valence-electron chi connectivity index (χ1n) is 12.0. The Balaban J connectivity index is 1.76. The zero-order chi connectivity index (χ0) is 29.5. The van der Waals surface area contributed by atoms with Crippen molar-refractivity contribution < 1.29 is 41.0 Å². The first-order chi connectivity index (χ1) is 18.7. The minimum absolute atomic E-state index is 0.00704. The van der Waals surface area contributed by atoms with E-state index < -0.39 is 46.7 Å². The number of rotatable bonds is 10. The molecule has 0 spiro atoms. The molecule has 2 heterocycles. The largest absolute Gasteiger partial charge is 0.481 e. The van der Waals surface area contributed by atoms with Crippen molar-refractivity contribution in [3.8, 4) is 21.3 Å². The Morgan fingerprint density at radius 1 is 1.12 bits per heavy atom. The molecule has 0 aliphatic carbocycles. The van der Waals surface area contributed by atoms with E-state index in [4.69, 9.17) is 4.42 Å². The fourth-order valence-corrected chi connectivity index (χ4v) is 6.51. The molecule has 0 saturated carbocycles. The average Bonchev–Trinajstić information content (AvgIpc) is 3.52. The smallest absolute Gasteiger partial charge is 0.404 e. The summed E-state index contributed by atoms with van der Waals surface area (Å²) >= 11 is 1.08. The molecule has 0 amide bonds. The molecule has 4 aromatic rings. The second kappa shape index (κ2) is 10.9. The normalized spacial score (nSPS) is 13.6. The van der Waals surface area contributed by atoms with Crippen LogP contribution < -0.4 is 4.72 Å². The van der Waals surface area contributed by atoms with Gasteiger partial charge in [0.1, 0.15) is 6.04 Å². The maximum Gasteiger partial charge on any atom is 0.404 e. The van der Waals surface area contributed by atoms with Crippen molar-refractivity contribution >= 4 is 38.1 Å². The monoisotopic (exact) mass is 598 g/mol. The van der Waals surface area contributed by atoms with Crippen LogP contribution in [0.5, 0.6) is 0 Å². The van der Waals surface area contributed by atoms with E-state index >= 15 is 0 Å². The number of sulfonamides is 1. The second-order valence-corrected chi connectivity index (χ2v) is 12.3. The van der Waals surface area contributed by atoms with Crippen molar-refractivity contribution in [3.05, 3.63) is 48.0 Å². The minimum atomic E-state index is -4.76. The number of carboxylic acid groups (broad SMARTS) is 1. The van der Waals surface area contributed by atoms with Gasteiger partial charge in [0.05, 0.1) is 27.5 Å². The van der Waals surface area contributed by atoms with Gasteiger partial charge in [0, 0.05) is 17.4 Å². The third-order valence-electron chi connectivity index (χ3n) is 6.19. The van der Waals surface area contributed by atoms with E-state index in [1.54, 1.807) is 22.9 Å². The van der Waals surface area contributed by atoms with Crippen molar-refractivity contribution in [2.24, 2.45) is 5.41 Å². The molecule has 0 unspecified atom stereocenters. The number of nitrogens with one attached hydrogen (secondary N) is 1. The SMILES string of the molecule is CC[C@H](NS(=O)(=O)c1ccc(-c2sc(-c3nnc(CC(C)(C)C(=O)O)o3)nc2CO)c2ccccc12)C(F)(F)F. The molecule has 15 heteroatoms. The number of fused-ring (bicyclic) bond motifs is 1. The molecule has 0 aliphatic rings. The Kier molecular flexibility index (Phi) is 8.04. The topological polar surface area (TPSA) is 156 Å². The summed E-state index contributed by atoms with van der Waals surface area (Å²) in [5.41, 5.74) is -0.439. The maximum absolute atomic E-state index is 13.3. The van der Waals surface area contributed by atoms with E-state index in [2.05, 4.69) is 15.2 Å². The number of carbonyl (C=O) groups is 1. The van der Waals surface area contributed by atoms with Crippen molar-refractivity contribution in [3.63, 3.8) is 0 Å². The van der Waals surface area contributed by atoms with Crippen molar-refractivity contribution in [2.45, 2.75) is 57.3 Å².